The third kappa shape index (κ3) is 3.06. The normalized spacial score (nSPS) is 24.2. The predicted octanol–water partition coefficient (Wildman–Crippen LogP) is 3.61. The molecule has 0 aliphatic carbocycles. The molecule has 0 saturated carbocycles. The summed E-state index contributed by atoms with van der Waals surface area (Å²) < 4.78 is 27.3. The minimum Gasteiger partial charge on any atom is -0.207 e. The maximum absolute atomic E-state index is 12.9. The molecule has 1 aliphatic heterocycles. The number of rotatable bonds is 3. The van der Waals surface area contributed by atoms with Gasteiger partial charge in [0.2, 0.25) is 10.0 Å². The van der Waals surface area contributed by atoms with Gasteiger partial charge in [0.05, 0.1) is 4.90 Å². The monoisotopic (exact) mass is 307 g/mol. The molecular weight excluding hydrogens is 282 g/mol. The Labute approximate surface area is 128 Å². The Hall–Kier alpha value is -1.13. The summed E-state index contributed by atoms with van der Waals surface area (Å²) in [6.45, 7) is 12.9. The average molecular weight is 307 g/mol. The zero-order chi connectivity index (χ0) is 15.8. The van der Waals surface area contributed by atoms with Gasteiger partial charge in [-0.25, -0.2) is 8.42 Å². The van der Waals surface area contributed by atoms with Crippen LogP contribution in [0.2, 0.25) is 0 Å². The molecule has 2 atom stereocenters. The quantitative estimate of drug-likeness (QED) is 0.800. The molecule has 116 valence electrons. The van der Waals surface area contributed by atoms with Crippen molar-refractivity contribution < 1.29 is 8.42 Å². The highest BCUT2D eigenvalue weighted by molar-refractivity contribution is 7.89. The van der Waals surface area contributed by atoms with Gasteiger partial charge in [-0.15, -0.1) is 6.58 Å². The Balaban J connectivity index is 2.37. The molecule has 0 aromatic heterocycles. The first-order valence-electron chi connectivity index (χ1n) is 7.39. The van der Waals surface area contributed by atoms with Gasteiger partial charge in [0.15, 0.2) is 0 Å². The standard InChI is InChI=1S/C17H25NO2S/c1-6-16-15(17(3,4)5)11-12-18(16)21(19,20)14-9-7-13(2)8-10-14/h6-10,15-16H,1,11-12H2,2-5H3/t15-,16+/m1/s1. The van der Waals surface area contributed by atoms with E-state index >= 15 is 0 Å². The molecule has 4 heteroatoms. The molecule has 1 saturated heterocycles. The van der Waals surface area contributed by atoms with E-state index in [1.807, 2.05) is 19.1 Å². The Morgan fingerprint density at radius 1 is 1.24 bits per heavy atom. The maximum Gasteiger partial charge on any atom is 0.243 e. The highest BCUT2D eigenvalue weighted by atomic mass is 32.2. The number of hydrogen-bond donors (Lipinski definition) is 0. The fraction of sp³-hybridized carbons (Fsp3) is 0.529. The summed E-state index contributed by atoms with van der Waals surface area (Å²) in [7, 11) is -3.45. The summed E-state index contributed by atoms with van der Waals surface area (Å²) in [5.41, 5.74) is 1.12. The largest absolute Gasteiger partial charge is 0.243 e. The van der Waals surface area contributed by atoms with Crippen molar-refractivity contribution in [3.05, 3.63) is 42.5 Å². The molecule has 21 heavy (non-hydrogen) atoms. The fourth-order valence-electron chi connectivity index (χ4n) is 3.14. The van der Waals surface area contributed by atoms with Crippen molar-refractivity contribution in [1.29, 1.82) is 0 Å². The lowest BCUT2D eigenvalue weighted by Gasteiger charge is -2.33. The molecule has 2 rings (SSSR count). The molecule has 1 fully saturated rings. The van der Waals surface area contributed by atoms with Crippen LogP contribution in [0.5, 0.6) is 0 Å². The van der Waals surface area contributed by atoms with E-state index in [1.54, 1.807) is 22.5 Å². The predicted molar refractivity (Wildman–Crippen MR) is 86.6 cm³/mol. The van der Waals surface area contributed by atoms with Crippen molar-refractivity contribution >= 4 is 10.0 Å². The summed E-state index contributed by atoms with van der Waals surface area (Å²) in [5.74, 6) is 0.301. The third-order valence-electron chi connectivity index (χ3n) is 4.39. The summed E-state index contributed by atoms with van der Waals surface area (Å²) >= 11 is 0. The lowest BCUT2D eigenvalue weighted by atomic mass is 9.76. The molecule has 0 N–H and O–H groups in total. The van der Waals surface area contributed by atoms with Crippen molar-refractivity contribution in [3.63, 3.8) is 0 Å². The fourth-order valence-corrected chi connectivity index (χ4v) is 4.79. The molecule has 0 bridgehead atoms. The van der Waals surface area contributed by atoms with E-state index in [0.717, 1.165) is 12.0 Å². The first-order chi connectivity index (χ1) is 9.67. The molecular formula is C17H25NO2S. The minimum atomic E-state index is -3.45. The van der Waals surface area contributed by atoms with Crippen LogP contribution in [0.1, 0.15) is 32.8 Å². The first kappa shape index (κ1) is 16.2. The van der Waals surface area contributed by atoms with E-state index in [-0.39, 0.29) is 11.5 Å². The second-order valence-electron chi connectivity index (χ2n) is 6.92. The molecule has 0 spiro atoms. The summed E-state index contributed by atoms with van der Waals surface area (Å²) in [5, 5.41) is 0. The molecule has 0 radical (unpaired) electrons. The van der Waals surface area contributed by atoms with Crippen LogP contribution in [0.25, 0.3) is 0 Å². The zero-order valence-corrected chi connectivity index (χ0v) is 14.2. The van der Waals surface area contributed by atoms with E-state index in [0.29, 0.717) is 17.4 Å². The zero-order valence-electron chi connectivity index (χ0n) is 13.3. The van der Waals surface area contributed by atoms with Crippen LogP contribution in [0.3, 0.4) is 0 Å². The van der Waals surface area contributed by atoms with Crippen molar-refractivity contribution in [1.82, 2.24) is 4.31 Å². The summed E-state index contributed by atoms with van der Waals surface area (Å²) in [6.07, 6.45) is 2.67. The van der Waals surface area contributed by atoms with Crippen molar-refractivity contribution in [3.8, 4) is 0 Å². The van der Waals surface area contributed by atoms with Crippen LogP contribution >= 0.6 is 0 Å². The topological polar surface area (TPSA) is 37.4 Å². The third-order valence-corrected chi connectivity index (χ3v) is 6.30. The summed E-state index contributed by atoms with van der Waals surface area (Å²) in [4.78, 5) is 0.370. The maximum atomic E-state index is 12.9. The Morgan fingerprint density at radius 2 is 1.81 bits per heavy atom. The van der Waals surface area contributed by atoms with Gasteiger partial charge in [0, 0.05) is 12.6 Å². The number of benzene rings is 1. The minimum absolute atomic E-state index is 0.0659. The van der Waals surface area contributed by atoms with Gasteiger partial charge in [-0.05, 0) is 36.8 Å². The lowest BCUT2D eigenvalue weighted by molar-refractivity contribution is 0.218. The number of nitrogens with zero attached hydrogens (tertiary/aromatic N) is 1. The van der Waals surface area contributed by atoms with Gasteiger partial charge >= 0.3 is 0 Å². The van der Waals surface area contributed by atoms with Gasteiger partial charge < -0.3 is 0 Å². The van der Waals surface area contributed by atoms with Crippen LogP contribution in [-0.4, -0.2) is 25.3 Å². The van der Waals surface area contributed by atoms with Crippen molar-refractivity contribution in [2.45, 2.75) is 45.1 Å². The molecule has 0 amide bonds. The van der Waals surface area contributed by atoms with Gasteiger partial charge in [0.25, 0.3) is 0 Å². The molecule has 3 nitrogen and oxygen atoms in total. The summed E-state index contributed by atoms with van der Waals surface area (Å²) in [6, 6.07) is 6.93. The van der Waals surface area contributed by atoms with E-state index in [9.17, 15) is 8.42 Å². The van der Waals surface area contributed by atoms with E-state index < -0.39 is 10.0 Å². The highest BCUT2D eigenvalue weighted by Crippen LogP contribution is 2.41. The number of hydrogen-bond acceptors (Lipinski definition) is 2. The highest BCUT2D eigenvalue weighted by Gasteiger charge is 2.44. The molecule has 1 heterocycles. The van der Waals surface area contributed by atoms with Crippen LogP contribution in [0, 0.1) is 18.3 Å². The number of sulfonamides is 1. The smallest absolute Gasteiger partial charge is 0.207 e. The molecule has 1 aliphatic rings. The van der Waals surface area contributed by atoms with E-state index in [1.165, 1.54) is 0 Å². The molecule has 1 aromatic rings. The van der Waals surface area contributed by atoms with Gasteiger partial charge in [-0.2, -0.15) is 4.31 Å². The molecule has 0 unspecified atom stereocenters. The van der Waals surface area contributed by atoms with Crippen LogP contribution in [0.4, 0.5) is 0 Å². The van der Waals surface area contributed by atoms with E-state index in [4.69, 9.17) is 0 Å². The lowest BCUT2D eigenvalue weighted by Crippen LogP contribution is -2.39. The molecule has 1 aromatic carbocycles. The Kier molecular flexibility index (Phi) is 4.31. The Bertz CT molecular complexity index is 611. The SMILES string of the molecule is C=C[C@H]1[C@H](C(C)(C)C)CCN1S(=O)(=O)c1ccc(C)cc1. The van der Waals surface area contributed by atoms with Crippen LogP contribution in [0.15, 0.2) is 41.8 Å². The van der Waals surface area contributed by atoms with Gasteiger partial charge in [-0.3, -0.25) is 0 Å². The Morgan fingerprint density at radius 3 is 2.29 bits per heavy atom. The van der Waals surface area contributed by atoms with Crippen LogP contribution < -0.4 is 0 Å². The van der Waals surface area contributed by atoms with Gasteiger partial charge in [0.1, 0.15) is 0 Å². The van der Waals surface area contributed by atoms with Crippen molar-refractivity contribution in [2.24, 2.45) is 11.3 Å². The van der Waals surface area contributed by atoms with Crippen LogP contribution in [-0.2, 0) is 10.0 Å². The van der Waals surface area contributed by atoms with Crippen molar-refractivity contribution in [2.75, 3.05) is 6.54 Å². The second kappa shape index (κ2) is 5.58. The van der Waals surface area contributed by atoms with Gasteiger partial charge in [-0.1, -0.05) is 44.5 Å². The number of aryl methyl sites for hydroxylation is 1. The average Bonchev–Trinajstić information content (AvgIpc) is 2.83. The van der Waals surface area contributed by atoms with E-state index in [2.05, 4.69) is 27.4 Å². The second-order valence-corrected chi connectivity index (χ2v) is 8.81. The first-order valence-corrected chi connectivity index (χ1v) is 8.83.